The molecule has 1 aromatic heterocycles. The largest absolute Gasteiger partial charge is 0.383 e. The van der Waals surface area contributed by atoms with Crippen LogP contribution in [0.4, 0.5) is 17.5 Å². The van der Waals surface area contributed by atoms with Crippen LogP contribution in [0.5, 0.6) is 0 Å². The topological polar surface area (TPSA) is 128 Å². The molecule has 0 amide bonds. The quantitative estimate of drug-likeness (QED) is 0.379. The van der Waals surface area contributed by atoms with Crippen LogP contribution in [0.25, 0.3) is 0 Å². The maximum Gasteiger partial charge on any atom is 0.332 e. The van der Waals surface area contributed by atoms with Gasteiger partial charge < -0.3 is 10.1 Å². The van der Waals surface area contributed by atoms with Gasteiger partial charge in [-0.05, 0) is 13.8 Å². The van der Waals surface area contributed by atoms with Crippen LogP contribution in [0.3, 0.4) is 0 Å². The van der Waals surface area contributed by atoms with E-state index in [1.54, 1.807) is 7.11 Å². The zero-order chi connectivity index (χ0) is 13.7. The first-order valence-electron chi connectivity index (χ1n) is 5.24. The molecule has 4 N–H and O–H groups in total. The maximum atomic E-state index is 11.0. The molecule has 1 heterocycles. The van der Waals surface area contributed by atoms with E-state index in [4.69, 9.17) is 10.6 Å². The number of aryl methyl sites for hydroxylation is 1. The van der Waals surface area contributed by atoms with E-state index >= 15 is 0 Å². The lowest BCUT2D eigenvalue weighted by Gasteiger charge is -2.14. The summed E-state index contributed by atoms with van der Waals surface area (Å²) in [4.78, 5) is 18.3. The summed E-state index contributed by atoms with van der Waals surface area (Å²) in [6, 6.07) is -0.131. The molecule has 9 heteroatoms. The summed E-state index contributed by atoms with van der Waals surface area (Å²) in [7, 11) is 1.55. The van der Waals surface area contributed by atoms with Crippen molar-refractivity contribution in [2.24, 2.45) is 5.84 Å². The van der Waals surface area contributed by atoms with Crippen LogP contribution in [0, 0.1) is 17.0 Å². The van der Waals surface area contributed by atoms with Crippen LogP contribution in [-0.4, -0.2) is 34.6 Å². The Labute approximate surface area is 104 Å². The van der Waals surface area contributed by atoms with Gasteiger partial charge in [-0.2, -0.15) is 4.98 Å². The molecule has 100 valence electrons. The van der Waals surface area contributed by atoms with Gasteiger partial charge in [0.2, 0.25) is 11.8 Å². The van der Waals surface area contributed by atoms with Gasteiger partial charge in [-0.15, -0.1) is 0 Å². The van der Waals surface area contributed by atoms with E-state index in [0.717, 1.165) is 0 Å². The van der Waals surface area contributed by atoms with Crippen molar-refractivity contribution in [3.05, 3.63) is 15.8 Å². The Kier molecular flexibility index (Phi) is 4.75. The molecule has 0 aliphatic carbocycles. The van der Waals surface area contributed by atoms with E-state index in [1.165, 1.54) is 6.92 Å². The summed E-state index contributed by atoms with van der Waals surface area (Å²) < 4.78 is 4.95. The van der Waals surface area contributed by atoms with E-state index in [1.807, 2.05) is 6.92 Å². The van der Waals surface area contributed by atoms with Crippen LogP contribution in [0.15, 0.2) is 0 Å². The number of nitro groups is 1. The first kappa shape index (κ1) is 14.1. The maximum absolute atomic E-state index is 11.0. The number of nitrogens with zero attached hydrogens (tertiary/aromatic N) is 3. The van der Waals surface area contributed by atoms with E-state index in [2.05, 4.69) is 20.7 Å². The Morgan fingerprint density at radius 3 is 2.72 bits per heavy atom. The van der Waals surface area contributed by atoms with Crippen molar-refractivity contribution in [1.29, 1.82) is 0 Å². The minimum Gasteiger partial charge on any atom is -0.383 e. The third-order valence-electron chi connectivity index (χ3n) is 2.17. The fraction of sp³-hybridized carbons (Fsp3) is 0.556. The zero-order valence-electron chi connectivity index (χ0n) is 10.4. The second-order valence-electron chi connectivity index (χ2n) is 3.73. The number of ether oxygens (including phenoxy) is 1. The first-order valence-corrected chi connectivity index (χ1v) is 5.24. The molecule has 1 atom stereocenters. The summed E-state index contributed by atoms with van der Waals surface area (Å²) in [6.07, 6.45) is 0. The molecule has 0 radical (unpaired) electrons. The minimum absolute atomic E-state index is 0.116. The summed E-state index contributed by atoms with van der Waals surface area (Å²) in [5.41, 5.74) is 2.33. The van der Waals surface area contributed by atoms with Crippen LogP contribution in [-0.2, 0) is 4.74 Å². The number of rotatable bonds is 6. The van der Waals surface area contributed by atoms with E-state index < -0.39 is 4.92 Å². The monoisotopic (exact) mass is 256 g/mol. The summed E-state index contributed by atoms with van der Waals surface area (Å²) >= 11 is 0. The second-order valence-corrected chi connectivity index (χ2v) is 3.73. The third kappa shape index (κ3) is 3.25. The van der Waals surface area contributed by atoms with Crippen LogP contribution < -0.4 is 16.6 Å². The molecule has 0 bridgehead atoms. The van der Waals surface area contributed by atoms with Gasteiger partial charge in [0.25, 0.3) is 0 Å². The summed E-state index contributed by atoms with van der Waals surface area (Å²) in [5.74, 6) is 5.44. The van der Waals surface area contributed by atoms with Crippen LogP contribution >= 0.6 is 0 Å². The first-order chi connectivity index (χ1) is 8.49. The molecule has 0 aliphatic heterocycles. The molecule has 0 spiro atoms. The molecule has 0 aliphatic rings. The number of anilines is 2. The molecule has 0 saturated heterocycles. The lowest BCUT2D eigenvalue weighted by molar-refractivity contribution is -0.385. The Balaban J connectivity index is 3.13. The van der Waals surface area contributed by atoms with E-state index in [9.17, 15) is 10.1 Å². The Bertz CT molecular complexity index is 439. The Hall–Kier alpha value is -2.00. The molecule has 1 rings (SSSR count). The lowest BCUT2D eigenvalue weighted by Crippen LogP contribution is -2.23. The van der Waals surface area contributed by atoms with Crippen LogP contribution in [0.2, 0.25) is 0 Å². The van der Waals surface area contributed by atoms with Crippen molar-refractivity contribution in [2.45, 2.75) is 19.9 Å². The summed E-state index contributed by atoms with van der Waals surface area (Å²) in [5, 5.41) is 13.9. The highest BCUT2D eigenvalue weighted by molar-refractivity contribution is 5.61. The van der Waals surface area contributed by atoms with Crippen molar-refractivity contribution in [3.63, 3.8) is 0 Å². The average molecular weight is 256 g/mol. The standard InChI is InChI=1S/C9H16N6O3/c1-5(4-18-3)11-8-7(15(16)17)6(2)12-9(13-8)14-10/h5H,4,10H2,1-3H3,(H2,11,12,13,14). The molecular weight excluding hydrogens is 240 g/mol. The van der Waals surface area contributed by atoms with Gasteiger partial charge in [-0.3, -0.25) is 15.5 Å². The number of hydrogen-bond donors (Lipinski definition) is 3. The fourth-order valence-corrected chi connectivity index (χ4v) is 1.48. The average Bonchev–Trinajstić information content (AvgIpc) is 2.27. The minimum atomic E-state index is -0.530. The van der Waals surface area contributed by atoms with Crippen molar-refractivity contribution < 1.29 is 9.66 Å². The Morgan fingerprint density at radius 2 is 2.22 bits per heavy atom. The van der Waals surface area contributed by atoms with Gasteiger partial charge >= 0.3 is 5.69 Å². The zero-order valence-corrected chi connectivity index (χ0v) is 10.4. The molecule has 0 fully saturated rings. The highest BCUT2D eigenvalue weighted by Gasteiger charge is 2.22. The number of nitrogen functional groups attached to an aromatic ring is 1. The molecule has 9 nitrogen and oxygen atoms in total. The van der Waals surface area contributed by atoms with E-state index in [-0.39, 0.29) is 29.2 Å². The fourth-order valence-electron chi connectivity index (χ4n) is 1.48. The lowest BCUT2D eigenvalue weighted by atomic mass is 10.3. The van der Waals surface area contributed by atoms with E-state index in [0.29, 0.717) is 6.61 Å². The van der Waals surface area contributed by atoms with Crippen molar-refractivity contribution in [2.75, 3.05) is 24.5 Å². The number of nitrogens with two attached hydrogens (primary N) is 1. The predicted molar refractivity (Wildman–Crippen MR) is 66.2 cm³/mol. The summed E-state index contributed by atoms with van der Waals surface area (Å²) in [6.45, 7) is 3.73. The number of aromatic nitrogens is 2. The molecule has 1 unspecified atom stereocenters. The van der Waals surface area contributed by atoms with Crippen molar-refractivity contribution >= 4 is 17.5 Å². The number of nitrogens with one attached hydrogen (secondary N) is 2. The van der Waals surface area contributed by atoms with Gasteiger partial charge in [0.1, 0.15) is 5.69 Å². The number of hydrogen-bond acceptors (Lipinski definition) is 8. The second kappa shape index (κ2) is 6.07. The van der Waals surface area contributed by atoms with Gasteiger partial charge in [0.15, 0.2) is 0 Å². The number of methoxy groups -OCH3 is 1. The molecular formula is C9H16N6O3. The molecule has 18 heavy (non-hydrogen) atoms. The smallest absolute Gasteiger partial charge is 0.332 e. The number of hydrazine groups is 1. The third-order valence-corrected chi connectivity index (χ3v) is 2.17. The Morgan fingerprint density at radius 1 is 1.56 bits per heavy atom. The highest BCUT2D eigenvalue weighted by Crippen LogP contribution is 2.26. The highest BCUT2D eigenvalue weighted by atomic mass is 16.6. The molecule has 0 saturated carbocycles. The van der Waals surface area contributed by atoms with Crippen molar-refractivity contribution in [3.8, 4) is 0 Å². The van der Waals surface area contributed by atoms with Gasteiger partial charge in [-0.25, -0.2) is 10.8 Å². The SMILES string of the molecule is COCC(C)Nc1nc(NN)nc(C)c1[N+](=O)[O-]. The van der Waals surface area contributed by atoms with Crippen molar-refractivity contribution in [1.82, 2.24) is 9.97 Å². The van der Waals surface area contributed by atoms with Gasteiger partial charge in [0, 0.05) is 13.2 Å². The predicted octanol–water partition coefficient (Wildman–Crippen LogP) is 0.426. The van der Waals surface area contributed by atoms with Gasteiger partial charge in [-0.1, -0.05) is 0 Å². The molecule has 0 aromatic carbocycles. The molecule has 1 aromatic rings. The van der Waals surface area contributed by atoms with Crippen LogP contribution in [0.1, 0.15) is 12.6 Å². The van der Waals surface area contributed by atoms with Gasteiger partial charge in [0.05, 0.1) is 11.5 Å². The normalized spacial score (nSPS) is 12.0.